The highest BCUT2D eigenvalue weighted by Crippen LogP contribution is 2.19. The average molecular weight is 166 g/mol. The minimum Gasteiger partial charge on any atom is -0.405 e. The molecule has 11 heavy (non-hydrogen) atoms. The fraction of sp³-hybridized carbons (Fsp3) is 0.125. The number of hydrogen-bond donors (Lipinski definition) is 1. The molecule has 0 bridgehead atoms. The maximum atomic E-state index is 5.24. The van der Waals surface area contributed by atoms with Crippen LogP contribution in [0, 0.1) is 6.92 Å². The van der Waals surface area contributed by atoms with Gasteiger partial charge in [-0.2, -0.15) is 0 Å². The molecule has 1 rings (SSSR count). The lowest BCUT2D eigenvalue weighted by molar-refractivity contribution is 1.27. The fourth-order valence-corrected chi connectivity index (χ4v) is 1.58. The van der Waals surface area contributed by atoms with E-state index >= 15 is 0 Å². The summed E-state index contributed by atoms with van der Waals surface area (Å²) in [6, 6.07) is 0. The van der Waals surface area contributed by atoms with Gasteiger partial charge in [-0.15, -0.1) is 11.3 Å². The Hall–Kier alpha value is -1.09. The van der Waals surface area contributed by atoms with Crippen molar-refractivity contribution in [2.75, 3.05) is 0 Å². The molecule has 0 fully saturated rings. The van der Waals surface area contributed by atoms with E-state index < -0.39 is 0 Å². The van der Waals surface area contributed by atoms with E-state index in [0.29, 0.717) is 0 Å². The summed E-state index contributed by atoms with van der Waals surface area (Å²) in [5.41, 5.74) is 6.15. The summed E-state index contributed by atoms with van der Waals surface area (Å²) in [5.74, 6) is 0. The first-order chi connectivity index (χ1) is 5.27. The van der Waals surface area contributed by atoms with E-state index in [1.165, 1.54) is 6.20 Å². The second-order valence-corrected chi connectivity index (χ2v) is 3.28. The first-order valence-electron chi connectivity index (χ1n) is 3.26. The zero-order valence-electron chi connectivity index (χ0n) is 6.37. The monoisotopic (exact) mass is 166 g/mol. The van der Waals surface area contributed by atoms with Gasteiger partial charge in [0.25, 0.3) is 0 Å². The van der Waals surface area contributed by atoms with Crippen molar-refractivity contribution in [2.45, 2.75) is 6.92 Å². The van der Waals surface area contributed by atoms with Gasteiger partial charge in [0.15, 0.2) is 0 Å². The van der Waals surface area contributed by atoms with Crippen LogP contribution in [0.1, 0.15) is 15.6 Å². The van der Waals surface area contributed by atoms with Crippen LogP contribution in [-0.2, 0) is 0 Å². The van der Waals surface area contributed by atoms with Crippen molar-refractivity contribution in [3.05, 3.63) is 28.4 Å². The normalized spacial score (nSPS) is 10.6. The van der Waals surface area contributed by atoms with Crippen molar-refractivity contribution in [1.29, 1.82) is 0 Å². The van der Waals surface area contributed by atoms with E-state index in [1.807, 2.05) is 6.92 Å². The molecular formula is C8H10N2S. The van der Waals surface area contributed by atoms with E-state index in [0.717, 1.165) is 15.6 Å². The lowest BCUT2D eigenvalue weighted by Crippen LogP contribution is -1.79. The topological polar surface area (TPSA) is 38.9 Å². The summed E-state index contributed by atoms with van der Waals surface area (Å²) in [6.07, 6.45) is 5.06. The maximum absolute atomic E-state index is 5.24. The van der Waals surface area contributed by atoms with E-state index in [1.54, 1.807) is 23.5 Å². The zero-order chi connectivity index (χ0) is 8.27. The van der Waals surface area contributed by atoms with Crippen LogP contribution in [-0.4, -0.2) is 4.98 Å². The van der Waals surface area contributed by atoms with Crippen LogP contribution in [0.15, 0.2) is 12.8 Å². The third-order valence-corrected chi connectivity index (χ3v) is 2.21. The van der Waals surface area contributed by atoms with Crippen molar-refractivity contribution >= 4 is 23.5 Å². The summed E-state index contributed by atoms with van der Waals surface area (Å²) in [5, 5.41) is 1.04. The van der Waals surface area contributed by atoms with Gasteiger partial charge in [-0.3, -0.25) is 0 Å². The van der Waals surface area contributed by atoms with Gasteiger partial charge in [-0.05, 0) is 25.3 Å². The highest BCUT2D eigenvalue weighted by atomic mass is 32.1. The number of hydrogen-bond acceptors (Lipinski definition) is 3. The molecule has 0 aliphatic rings. The molecule has 0 spiro atoms. The second kappa shape index (κ2) is 3.34. The van der Waals surface area contributed by atoms with Crippen LogP contribution >= 0.6 is 11.3 Å². The molecule has 1 heterocycles. The molecule has 0 aliphatic heterocycles. The van der Waals surface area contributed by atoms with Crippen LogP contribution < -0.4 is 5.73 Å². The molecule has 0 atom stereocenters. The quantitative estimate of drug-likeness (QED) is 0.730. The van der Waals surface area contributed by atoms with Gasteiger partial charge in [0.05, 0.1) is 15.6 Å². The predicted molar refractivity (Wildman–Crippen MR) is 50.2 cm³/mol. The molecule has 1 aromatic heterocycles. The molecular weight excluding hydrogens is 156 g/mol. The number of rotatable bonds is 2. The van der Waals surface area contributed by atoms with Gasteiger partial charge in [0, 0.05) is 0 Å². The first-order valence-corrected chi connectivity index (χ1v) is 4.07. The number of aryl methyl sites for hydroxylation is 1. The molecule has 2 nitrogen and oxygen atoms in total. The minimum atomic E-state index is 0.907. The summed E-state index contributed by atoms with van der Waals surface area (Å²) in [4.78, 5) is 5.32. The maximum Gasteiger partial charge on any atom is 0.0907 e. The van der Waals surface area contributed by atoms with Crippen molar-refractivity contribution < 1.29 is 0 Å². The summed E-state index contributed by atoms with van der Waals surface area (Å²) >= 11 is 1.62. The van der Waals surface area contributed by atoms with Crippen LogP contribution in [0.3, 0.4) is 0 Å². The third kappa shape index (κ3) is 1.68. The molecule has 0 saturated heterocycles. The number of aromatic nitrogens is 1. The summed E-state index contributed by atoms with van der Waals surface area (Å²) < 4.78 is 0. The Labute approximate surface area is 70.1 Å². The first kappa shape index (κ1) is 8.01. The van der Waals surface area contributed by atoms with Crippen molar-refractivity contribution in [3.63, 3.8) is 0 Å². The van der Waals surface area contributed by atoms with Gasteiger partial charge in [0.1, 0.15) is 0 Å². The highest BCUT2D eigenvalue weighted by Gasteiger charge is 2.00. The lowest BCUT2D eigenvalue weighted by Gasteiger charge is -1.84. The second-order valence-electron chi connectivity index (χ2n) is 2.05. The number of thiazole rings is 1. The molecule has 0 aromatic carbocycles. The fourth-order valence-electron chi connectivity index (χ4n) is 0.816. The van der Waals surface area contributed by atoms with Gasteiger partial charge < -0.3 is 5.73 Å². The Balaban J connectivity index is 3.11. The Bertz CT molecular complexity index is 286. The van der Waals surface area contributed by atoms with Crippen molar-refractivity contribution in [1.82, 2.24) is 4.98 Å². The average Bonchev–Trinajstić information content (AvgIpc) is 2.32. The Kier molecular flexibility index (Phi) is 2.44. The SMILES string of the molecule is C=Cc1sc(C)nc1/C=C\N. The molecule has 0 unspecified atom stereocenters. The number of nitrogens with two attached hydrogens (primary N) is 1. The molecule has 0 amide bonds. The predicted octanol–water partition coefficient (Wildman–Crippen LogP) is 2.02. The Morgan fingerprint density at radius 1 is 1.64 bits per heavy atom. The molecule has 58 valence electrons. The van der Waals surface area contributed by atoms with Gasteiger partial charge in [0.2, 0.25) is 0 Å². The summed E-state index contributed by atoms with van der Waals surface area (Å²) in [6.45, 7) is 5.65. The number of nitrogens with zero attached hydrogens (tertiary/aromatic N) is 1. The standard InChI is InChI=1S/C8H10N2S/c1-3-8-7(4-5-9)10-6(2)11-8/h3-5H,1,9H2,2H3/b5-4-. The molecule has 3 heteroatoms. The van der Waals surface area contributed by atoms with E-state index in [4.69, 9.17) is 5.73 Å². The van der Waals surface area contributed by atoms with E-state index in [-0.39, 0.29) is 0 Å². The van der Waals surface area contributed by atoms with Crippen molar-refractivity contribution in [3.8, 4) is 0 Å². The molecule has 0 radical (unpaired) electrons. The van der Waals surface area contributed by atoms with Crippen LogP contribution in [0.2, 0.25) is 0 Å². The van der Waals surface area contributed by atoms with Crippen molar-refractivity contribution in [2.24, 2.45) is 5.73 Å². The van der Waals surface area contributed by atoms with Crippen LogP contribution in [0.4, 0.5) is 0 Å². The Morgan fingerprint density at radius 2 is 2.36 bits per heavy atom. The minimum absolute atomic E-state index is 0.907. The van der Waals surface area contributed by atoms with Gasteiger partial charge in [-0.25, -0.2) is 4.98 Å². The van der Waals surface area contributed by atoms with E-state index in [2.05, 4.69) is 11.6 Å². The third-order valence-electron chi connectivity index (χ3n) is 1.23. The largest absolute Gasteiger partial charge is 0.405 e. The smallest absolute Gasteiger partial charge is 0.0907 e. The highest BCUT2D eigenvalue weighted by molar-refractivity contribution is 7.12. The zero-order valence-corrected chi connectivity index (χ0v) is 7.19. The molecule has 2 N–H and O–H groups in total. The Morgan fingerprint density at radius 3 is 2.91 bits per heavy atom. The lowest BCUT2D eigenvalue weighted by atomic mass is 10.3. The van der Waals surface area contributed by atoms with Crippen LogP contribution in [0.5, 0.6) is 0 Å². The van der Waals surface area contributed by atoms with Gasteiger partial charge in [-0.1, -0.05) is 6.58 Å². The molecule has 0 saturated carbocycles. The van der Waals surface area contributed by atoms with Gasteiger partial charge >= 0.3 is 0 Å². The molecule has 1 aromatic rings. The molecule has 0 aliphatic carbocycles. The van der Waals surface area contributed by atoms with Crippen LogP contribution in [0.25, 0.3) is 12.2 Å². The summed E-state index contributed by atoms with van der Waals surface area (Å²) in [7, 11) is 0. The van der Waals surface area contributed by atoms with E-state index in [9.17, 15) is 0 Å².